The first-order valence-corrected chi connectivity index (χ1v) is 14.6. The van der Waals surface area contributed by atoms with Gasteiger partial charge in [-0.1, -0.05) is 6.07 Å². The second-order valence-electron chi connectivity index (χ2n) is 11.6. The van der Waals surface area contributed by atoms with Crippen molar-refractivity contribution in [3.8, 4) is 17.2 Å². The highest BCUT2D eigenvalue weighted by molar-refractivity contribution is 5.88. The highest BCUT2D eigenvalue weighted by atomic mass is 16.6. The van der Waals surface area contributed by atoms with Crippen molar-refractivity contribution in [1.82, 2.24) is 9.88 Å². The first-order valence-electron chi connectivity index (χ1n) is 14.6. The number of esters is 2. The molecule has 6 rings (SSSR count). The fourth-order valence-corrected chi connectivity index (χ4v) is 7.51. The van der Waals surface area contributed by atoms with Gasteiger partial charge in [-0.05, 0) is 72.6 Å². The number of methoxy groups -OCH3 is 4. The molecule has 1 aliphatic carbocycles. The number of piperidine rings is 1. The van der Waals surface area contributed by atoms with Gasteiger partial charge in [0.05, 0.1) is 33.3 Å². The van der Waals surface area contributed by atoms with E-state index in [-0.39, 0.29) is 29.6 Å². The average Bonchev–Trinajstić information content (AvgIpc) is 3.40. The van der Waals surface area contributed by atoms with Gasteiger partial charge in [-0.25, -0.2) is 4.79 Å². The molecule has 10 heteroatoms. The smallest absolute Gasteiger partial charge is 0.331 e. The summed E-state index contributed by atoms with van der Waals surface area (Å²) in [5.41, 5.74) is 4.26. The zero-order valence-electron chi connectivity index (χ0n) is 24.9. The summed E-state index contributed by atoms with van der Waals surface area (Å²) in [4.78, 5) is 32.5. The minimum absolute atomic E-state index is 0.000466. The van der Waals surface area contributed by atoms with Gasteiger partial charge in [0, 0.05) is 48.9 Å². The summed E-state index contributed by atoms with van der Waals surface area (Å²) in [6.45, 7) is 1.70. The van der Waals surface area contributed by atoms with Crippen LogP contribution >= 0.6 is 0 Å². The Bertz CT molecular complexity index is 1550. The molecule has 10 nitrogen and oxygen atoms in total. The van der Waals surface area contributed by atoms with Crippen molar-refractivity contribution in [3.63, 3.8) is 0 Å². The first kappa shape index (κ1) is 29.1. The van der Waals surface area contributed by atoms with Gasteiger partial charge >= 0.3 is 11.9 Å². The van der Waals surface area contributed by atoms with Crippen molar-refractivity contribution in [2.45, 2.75) is 37.5 Å². The van der Waals surface area contributed by atoms with Crippen LogP contribution < -0.4 is 9.47 Å². The lowest BCUT2D eigenvalue weighted by Gasteiger charge is -2.52. The Morgan fingerprint density at radius 3 is 2.63 bits per heavy atom. The van der Waals surface area contributed by atoms with E-state index < -0.39 is 24.1 Å². The van der Waals surface area contributed by atoms with E-state index in [0.717, 1.165) is 37.2 Å². The molecule has 2 fully saturated rings. The molecule has 6 atom stereocenters. The SMILES string of the molecule is COC(=O)[C@H]1C2C[C@@H]3c4[nH]c5cc(OC)ccc5c4CCN3C[C@H]2C[C@@H](OC(=O)/C=C/c2ccc(O)c(OC)c2)[C@@H]1OC. The topological polar surface area (TPSA) is 120 Å². The number of hydrogen-bond donors (Lipinski definition) is 2. The van der Waals surface area contributed by atoms with Crippen LogP contribution in [0, 0.1) is 17.8 Å². The van der Waals surface area contributed by atoms with Gasteiger partial charge in [-0.3, -0.25) is 9.69 Å². The number of aromatic hydroxyl groups is 1. The van der Waals surface area contributed by atoms with Gasteiger partial charge < -0.3 is 33.8 Å². The molecule has 3 heterocycles. The van der Waals surface area contributed by atoms with Crippen LogP contribution in [-0.4, -0.2) is 80.7 Å². The lowest BCUT2D eigenvalue weighted by Crippen LogP contribution is -2.58. The molecule has 3 aromatic rings. The molecule has 0 amide bonds. The van der Waals surface area contributed by atoms with Crippen LogP contribution in [0.4, 0.5) is 0 Å². The lowest BCUT2D eigenvalue weighted by molar-refractivity contribution is -0.187. The predicted octanol–water partition coefficient (Wildman–Crippen LogP) is 4.26. The number of phenols is 1. The number of rotatable bonds is 7. The van der Waals surface area contributed by atoms with Crippen molar-refractivity contribution >= 4 is 28.9 Å². The van der Waals surface area contributed by atoms with E-state index in [1.165, 1.54) is 43.0 Å². The zero-order valence-corrected chi connectivity index (χ0v) is 24.9. The minimum atomic E-state index is -0.638. The molecule has 43 heavy (non-hydrogen) atoms. The van der Waals surface area contributed by atoms with Crippen LogP contribution in [-0.2, 0) is 30.2 Å². The van der Waals surface area contributed by atoms with Gasteiger partial charge in [0.2, 0.25) is 0 Å². The number of ether oxygens (including phenoxy) is 5. The Balaban J connectivity index is 1.24. The number of carbonyl (C=O) groups is 2. The van der Waals surface area contributed by atoms with Crippen LogP contribution in [0.3, 0.4) is 0 Å². The van der Waals surface area contributed by atoms with E-state index in [1.54, 1.807) is 32.4 Å². The van der Waals surface area contributed by atoms with Gasteiger partial charge in [0.1, 0.15) is 18.0 Å². The summed E-state index contributed by atoms with van der Waals surface area (Å²) in [6, 6.07) is 11.1. The summed E-state index contributed by atoms with van der Waals surface area (Å²) in [5, 5.41) is 11.1. The fraction of sp³-hybridized carbons (Fsp3) is 0.455. The van der Waals surface area contributed by atoms with Gasteiger partial charge in [-0.2, -0.15) is 0 Å². The van der Waals surface area contributed by atoms with E-state index in [0.29, 0.717) is 17.7 Å². The fourth-order valence-electron chi connectivity index (χ4n) is 7.51. The summed E-state index contributed by atoms with van der Waals surface area (Å²) >= 11 is 0. The molecule has 0 radical (unpaired) electrons. The maximum Gasteiger partial charge on any atom is 0.331 e. The number of aromatic nitrogens is 1. The van der Waals surface area contributed by atoms with Gasteiger partial charge in [0.15, 0.2) is 11.5 Å². The molecule has 2 aliphatic heterocycles. The second-order valence-corrected chi connectivity index (χ2v) is 11.6. The molecule has 2 N–H and O–H groups in total. The van der Waals surface area contributed by atoms with Crippen LogP contribution in [0.15, 0.2) is 42.5 Å². The third kappa shape index (κ3) is 5.34. The van der Waals surface area contributed by atoms with E-state index in [9.17, 15) is 14.7 Å². The predicted molar refractivity (Wildman–Crippen MR) is 159 cm³/mol. The van der Waals surface area contributed by atoms with Crippen molar-refractivity contribution < 1.29 is 38.4 Å². The monoisotopic (exact) mass is 590 g/mol. The van der Waals surface area contributed by atoms with Crippen LogP contribution in [0.2, 0.25) is 0 Å². The third-order valence-electron chi connectivity index (χ3n) is 9.48. The van der Waals surface area contributed by atoms with Crippen molar-refractivity contribution in [3.05, 3.63) is 59.3 Å². The molecule has 1 unspecified atom stereocenters. The van der Waals surface area contributed by atoms with E-state index >= 15 is 0 Å². The normalized spacial score (nSPS) is 26.8. The number of aromatic amines is 1. The number of H-pyrrole nitrogens is 1. The lowest BCUT2D eigenvalue weighted by atomic mass is 9.63. The maximum atomic E-state index is 13.3. The molecule has 228 valence electrons. The number of phenolic OH excluding ortho intramolecular Hbond substituents is 1. The zero-order chi connectivity index (χ0) is 30.2. The molecule has 1 aromatic heterocycles. The summed E-state index contributed by atoms with van der Waals surface area (Å²) in [7, 11) is 6.08. The van der Waals surface area contributed by atoms with Crippen molar-refractivity contribution in [2.24, 2.45) is 17.8 Å². The summed E-state index contributed by atoms with van der Waals surface area (Å²) in [5.74, 6) is -0.200. The molecule has 1 saturated carbocycles. The van der Waals surface area contributed by atoms with Gasteiger partial charge in [0.25, 0.3) is 0 Å². The number of hydrogen-bond acceptors (Lipinski definition) is 9. The van der Waals surface area contributed by atoms with Crippen LogP contribution in [0.25, 0.3) is 17.0 Å². The third-order valence-corrected chi connectivity index (χ3v) is 9.48. The van der Waals surface area contributed by atoms with E-state index in [4.69, 9.17) is 23.7 Å². The highest BCUT2D eigenvalue weighted by Crippen LogP contribution is 2.50. The molecular formula is C33H38N2O8. The minimum Gasteiger partial charge on any atom is -0.504 e. The molecular weight excluding hydrogens is 552 g/mol. The Labute approximate surface area is 250 Å². The quantitative estimate of drug-likeness (QED) is 0.307. The van der Waals surface area contributed by atoms with Crippen LogP contribution in [0.1, 0.15) is 35.7 Å². The Morgan fingerprint density at radius 2 is 1.88 bits per heavy atom. The Morgan fingerprint density at radius 1 is 1.05 bits per heavy atom. The number of fused-ring (bicyclic) bond motifs is 6. The largest absolute Gasteiger partial charge is 0.504 e. The maximum absolute atomic E-state index is 13.3. The number of carbonyl (C=O) groups excluding carboxylic acids is 2. The number of nitrogens with zero attached hydrogens (tertiary/aromatic N) is 1. The van der Waals surface area contributed by atoms with Crippen LogP contribution in [0.5, 0.6) is 17.2 Å². The molecule has 0 spiro atoms. The summed E-state index contributed by atoms with van der Waals surface area (Å²) in [6.07, 6.45) is 3.98. The summed E-state index contributed by atoms with van der Waals surface area (Å²) < 4.78 is 27.7. The number of nitrogens with one attached hydrogen (secondary N) is 1. The first-order chi connectivity index (χ1) is 20.8. The molecule has 3 aliphatic rings. The Kier molecular flexibility index (Phi) is 8.07. The average molecular weight is 591 g/mol. The Hall–Kier alpha value is -4.02. The number of benzene rings is 2. The highest BCUT2D eigenvalue weighted by Gasteiger charge is 2.54. The van der Waals surface area contributed by atoms with Gasteiger partial charge in [-0.15, -0.1) is 0 Å². The molecule has 0 bridgehead atoms. The molecule has 2 aromatic carbocycles. The van der Waals surface area contributed by atoms with E-state index in [1.807, 2.05) is 12.1 Å². The van der Waals surface area contributed by atoms with Crippen molar-refractivity contribution in [1.29, 1.82) is 0 Å². The second kappa shape index (κ2) is 11.9. The standard InChI is InChI=1S/C33H38N2O8/c1-39-20-7-8-21-22-11-12-35-17-19-14-28(43-29(37)10-6-18-5-9-26(36)27(13-18)40-2)32(41-3)30(33(38)42-4)23(19)16-25(35)31(22)34-24(21)15-20/h5-10,13,15,19,23,25,28,30,32,34,36H,11-12,14,16-17H2,1-4H3/b10-6+/t19-,23?,25-,28-,30+,32+/m1/s1. The molecule has 1 saturated heterocycles. The van der Waals surface area contributed by atoms with E-state index in [2.05, 4.69) is 16.0 Å². The van der Waals surface area contributed by atoms with Crippen molar-refractivity contribution in [2.75, 3.05) is 41.5 Å².